The Morgan fingerprint density at radius 1 is 1.35 bits per heavy atom. The number of halogens is 2. The number of aryl methyl sites for hydroxylation is 1. The van der Waals surface area contributed by atoms with E-state index in [0.29, 0.717) is 17.7 Å². The van der Waals surface area contributed by atoms with Gasteiger partial charge in [-0.2, -0.15) is 5.10 Å². The molecule has 98 valence electrons. The topological polar surface area (TPSA) is 63.8 Å². The number of anilines is 1. The minimum atomic E-state index is 0. The summed E-state index contributed by atoms with van der Waals surface area (Å²) < 4.78 is 0. The Morgan fingerprint density at radius 2 is 2.06 bits per heavy atom. The zero-order chi connectivity index (χ0) is 10.8. The first-order valence-corrected chi connectivity index (χ1v) is 5.49. The maximum absolute atomic E-state index is 5.61. The van der Waals surface area contributed by atoms with Gasteiger partial charge in [0.25, 0.3) is 0 Å². The van der Waals surface area contributed by atoms with Crippen molar-refractivity contribution in [3.05, 3.63) is 17.3 Å². The first-order chi connectivity index (χ1) is 7.18. The summed E-state index contributed by atoms with van der Waals surface area (Å²) >= 11 is 0. The molecule has 4 nitrogen and oxygen atoms in total. The fourth-order valence-electron chi connectivity index (χ4n) is 2.30. The van der Waals surface area contributed by atoms with Crippen LogP contribution in [0.15, 0.2) is 6.07 Å². The van der Waals surface area contributed by atoms with Gasteiger partial charge in [-0.15, -0.1) is 29.9 Å². The smallest absolute Gasteiger partial charge is 0.146 e. The third-order valence-electron chi connectivity index (χ3n) is 3.18. The monoisotopic (exact) mass is 278 g/mol. The summed E-state index contributed by atoms with van der Waals surface area (Å²) in [6.45, 7) is 6.46. The van der Waals surface area contributed by atoms with Gasteiger partial charge < -0.3 is 11.1 Å². The quantitative estimate of drug-likeness (QED) is 0.824. The van der Waals surface area contributed by atoms with E-state index in [2.05, 4.69) is 29.4 Å². The highest BCUT2D eigenvalue weighted by Gasteiger charge is 2.25. The summed E-state index contributed by atoms with van der Waals surface area (Å²) in [4.78, 5) is 0. The van der Waals surface area contributed by atoms with Crippen molar-refractivity contribution in [2.24, 2.45) is 5.92 Å². The summed E-state index contributed by atoms with van der Waals surface area (Å²) in [5.41, 5.74) is 7.90. The van der Waals surface area contributed by atoms with E-state index in [4.69, 9.17) is 5.73 Å². The van der Waals surface area contributed by atoms with Crippen molar-refractivity contribution in [3.8, 4) is 0 Å². The van der Waals surface area contributed by atoms with Crippen LogP contribution in [0.2, 0.25) is 0 Å². The maximum atomic E-state index is 5.61. The average molecular weight is 279 g/mol. The van der Waals surface area contributed by atoms with Gasteiger partial charge in [-0.3, -0.25) is 0 Å². The van der Waals surface area contributed by atoms with Crippen LogP contribution in [0.25, 0.3) is 0 Å². The van der Waals surface area contributed by atoms with Crippen LogP contribution in [0, 0.1) is 12.8 Å². The molecule has 0 amide bonds. The van der Waals surface area contributed by atoms with E-state index in [1.165, 1.54) is 5.56 Å². The molecule has 0 saturated carbocycles. The van der Waals surface area contributed by atoms with E-state index in [0.717, 1.165) is 25.2 Å². The third-order valence-corrected chi connectivity index (χ3v) is 3.18. The van der Waals surface area contributed by atoms with Crippen molar-refractivity contribution in [2.75, 3.05) is 18.8 Å². The Kier molecular flexibility index (Phi) is 6.75. The molecule has 3 N–H and O–H groups in total. The molecule has 17 heavy (non-hydrogen) atoms. The van der Waals surface area contributed by atoms with Crippen molar-refractivity contribution in [1.82, 2.24) is 15.5 Å². The fourth-order valence-corrected chi connectivity index (χ4v) is 2.30. The molecule has 2 heterocycles. The molecule has 1 fully saturated rings. The second-order valence-corrected chi connectivity index (χ2v) is 4.41. The number of hydrogen-bond acceptors (Lipinski definition) is 4. The lowest BCUT2D eigenvalue weighted by Crippen LogP contribution is -2.34. The zero-order valence-electron chi connectivity index (χ0n) is 10.1. The summed E-state index contributed by atoms with van der Waals surface area (Å²) in [5, 5.41) is 11.6. The number of aromatic nitrogens is 2. The number of hydrogen-bond donors (Lipinski definition) is 2. The Bertz CT molecular complexity index is 359. The molecular weight excluding hydrogens is 259 g/mol. The molecule has 0 radical (unpaired) electrons. The van der Waals surface area contributed by atoms with Crippen molar-refractivity contribution >= 4 is 30.6 Å². The second kappa shape index (κ2) is 6.99. The van der Waals surface area contributed by atoms with Gasteiger partial charge in [-0.25, -0.2) is 0 Å². The molecular formula is C11H20Cl2N4. The van der Waals surface area contributed by atoms with Gasteiger partial charge in [0.2, 0.25) is 0 Å². The van der Waals surface area contributed by atoms with Crippen molar-refractivity contribution in [2.45, 2.75) is 26.2 Å². The van der Waals surface area contributed by atoms with E-state index < -0.39 is 0 Å². The van der Waals surface area contributed by atoms with Crippen LogP contribution in [-0.2, 0) is 0 Å². The highest BCUT2D eigenvalue weighted by atomic mass is 35.5. The van der Waals surface area contributed by atoms with Gasteiger partial charge in [-0.1, -0.05) is 6.92 Å². The summed E-state index contributed by atoms with van der Waals surface area (Å²) in [6, 6.07) is 1.91. The molecule has 2 atom stereocenters. The molecule has 1 aromatic heterocycles. The van der Waals surface area contributed by atoms with E-state index in [1.807, 2.05) is 6.07 Å². The number of rotatable bonds is 1. The molecule has 0 aliphatic carbocycles. The van der Waals surface area contributed by atoms with Gasteiger partial charge >= 0.3 is 0 Å². The standard InChI is InChI=1S/C11H18N4.2ClH/c1-7-5-10(12)14-15-11(7)9-3-4-13-6-8(9)2;;/h5,8-9,13H,3-4,6H2,1-2H3,(H2,12,14);2*1H/t8-,9+;;/m1../s1. The van der Waals surface area contributed by atoms with Crippen LogP contribution in [0.5, 0.6) is 0 Å². The first-order valence-electron chi connectivity index (χ1n) is 5.49. The van der Waals surface area contributed by atoms with E-state index in [-0.39, 0.29) is 24.8 Å². The summed E-state index contributed by atoms with van der Waals surface area (Å²) in [6.07, 6.45) is 1.14. The number of nitrogen functional groups attached to an aromatic ring is 1. The molecule has 0 unspecified atom stereocenters. The minimum absolute atomic E-state index is 0. The van der Waals surface area contributed by atoms with Gasteiger partial charge in [0.05, 0.1) is 5.69 Å². The molecule has 1 aromatic rings. The Morgan fingerprint density at radius 3 is 2.65 bits per heavy atom. The van der Waals surface area contributed by atoms with E-state index in [9.17, 15) is 0 Å². The van der Waals surface area contributed by atoms with Gasteiger partial charge in [0.1, 0.15) is 5.82 Å². The van der Waals surface area contributed by atoms with E-state index >= 15 is 0 Å². The number of nitrogens with zero attached hydrogens (tertiary/aromatic N) is 2. The Hall–Kier alpha value is -0.580. The summed E-state index contributed by atoms with van der Waals surface area (Å²) in [7, 11) is 0. The lowest BCUT2D eigenvalue weighted by molar-refractivity contribution is 0.341. The van der Waals surface area contributed by atoms with E-state index in [1.54, 1.807) is 0 Å². The minimum Gasteiger partial charge on any atom is -0.382 e. The highest BCUT2D eigenvalue weighted by molar-refractivity contribution is 5.85. The lowest BCUT2D eigenvalue weighted by atomic mass is 9.84. The van der Waals surface area contributed by atoms with Crippen molar-refractivity contribution < 1.29 is 0 Å². The number of piperidine rings is 1. The Balaban J connectivity index is 0.00000128. The zero-order valence-corrected chi connectivity index (χ0v) is 11.8. The van der Waals surface area contributed by atoms with Gasteiger partial charge in [0.15, 0.2) is 0 Å². The fraction of sp³-hybridized carbons (Fsp3) is 0.636. The predicted octanol–water partition coefficient (Wildman–Crippen LogP) is 1.92. The second-order valence-electron chi connectivity index (χ2n) is 4.41. The molecule has 1 aliphatic rings. The highest BCUT2D eigenvalue weighted by Crippen LogP contribution is 2.30. The van der Waals surface area contributed by atoms with Crippen LogP contribution in [0.3, 0.4) is 0 Å². The van der Waals surface area contributed by atoms with Crippen LogP contribution in [0.4, 0.5) is 5.82 Å². The largest absolute Gasteiger partial charge is 0.382 e. The van der Waals surface area contributed by atoms with Crippen molar-refractivity contribution in [3.63, 3.8) is 0 Å². The number of nitrogens with one attached hydrogen (secondary N) is 1. The van der Waals surface area contributed by atoms with Gasteiger partial charge in [-0.05, 0) is 44.0 Å². The van der Waals surface area contributed by atoms with Crippen LogP contribution in [0.1, 0.15) is 30.5 Å². The van der Waals surface area contributed by atoms with Gasteiger partial charge in [0, 0.05) is 5.92 Å². The molecule has 0 bridgehead atoms. The maximum Gasteiger partial charge on any atom is 0.146 e. The molecule has 2 rings (SSSR count). The van der Waals surface area contributed by atoms with Crippen LogP contribution >= 0.6 is 24.8 Å². The molecule has 6 heteroatoms. The molecule has 0 aromatic carbocycles. The molecule has 1 saturated heterocycles. The number of nitrogens with two attached hydrogens (primary N) is 1. The van der Waals surface area contributed by atoms with Crippen molar-refractivity contribution in [1.29, 1.82) is 0 Å². The SMILES string of the molecule is Cc1cc(N)nnc1[C@H]1CCNC[C@H]1C.Cl.Cl. The third kappa shape index (κ3) is 3.69. The molecule has 1 aliphatic heterocycles. The normalized spacial score (nSPS) is 23.4. The lowest BCUT2D eigenvalue weighted by Gasteiger charge is -2.29. The molecule has 0 spiro atoms. The van der Waals surface area contributed by atoms with Crippen LogP contribution in [-0.4, -0.2) is 23.3 Å². The summed E-state index contributed by atoms with van der Waals surface area (Å²) in [5.74, 6) is 1.66. The first kappa shape index (κ1) is 16.4. The average Bonchev–Trinajstić information content (AvgIpc) is 2.20. The predicted molar refractivity (Wildman–Crippen MR) is 75.1 cm³/mol. The van der Waals surface area contributed by atoms with Crippen LogP contribution < -0.4 is 11.1 Å². The Labute approximate surface area is 115 Å².